The fraction of sp³-hybridized carbons (Fsp3) is 0.292. The van der Waals surface area contributed by atoms with Crippen molar-refractivity contribution in [3.05, 3.63) is 81.5 Å². The fourth-order valence-corrected chi connectivity index (χ4v) is 4.40. The standard InChI is InChI=1S/C24H24BrNO2/c1-24(2)13-21-23(22(27)14-24)19(15-4-8-17(25)9-5-15)12-20(26-21)16-6-10-18(28-3)11-7-16/h4-12,19,26H,13-14H2,1-3H3. The lowest BCUT2D eigenvalue weighted by Crippen LogP contribution is -2.35. The van der Waals surface area contributed by atoms with Crippen LogP contribution >= 0.6 is 15.9 Å². The second-order valence-corrected chi connectivity index (χ2v) is 9.21. The van der Waals surface area contributed by atoms with Crippen LogP contribution in [-0.4, -0.2) is 12.9 Å². The van der Waals surface area contributed by atoms with E-state index in [-0.39, 0.29) is 17.1 Å². The van der Waals surface area contributed by atoms with Crippen LogP contribution in [0.2, 0.25) is 0 Å². The zero-order chi connectivity index (χ0) is 19.9. The van der Waals surface area contributed by atoms with Crippen LogP contribution in [0.4, 0.5) is 0 Å². The first-order chi connectivity index (χ1) is 13.4. The van der Waals surface area contributed by atoms with Crippen LogP contribution in [0.5, 0.6) is 5.75 Å². The molecule has 0 saturated heterocycles. The smallest absolute Gasteiger partial charge is 0.162 e. The van der Waals surface area contributed by atoms with Gasteiger partial charge in [0.1, 0.15) is 5.75 Å². The summed E-state index contributed by atoms with van der Waals surface area (Å²) >= 11 is 3.51. The van der Waals surface area contributed by atoms with E-state index in [1.165, 1.54) is 0 Å². The van der Waals surface area contributed by atoms with E-state index in [1.807, 2.05) is 24.3 Å². The molecule has 2 aromatic rings. The molecule has 1 N–H and O–H groups in total. The summed E-state index contributed by atoms with van der Waals surface area (Å²) in [6.45, 7) is 4.33. The molecule has 0 bridgehead atoms. The minimum atomic E-state index is -0.0370. The molecule has 2 aromatic carbocycles. The highest BCUT2D eigenvalue weighted by molar-refractivity contribution is 9.10. The predicted octanol–water partition coefficient (Wildman–Crippen LogP) is 5.83. The topological polar surface area (TPSA) is 38.3 Å². The molecule has 3 nitrogen and oxygen atoms in total. The predicted molar refractivity (Wildman–Crippen MR) is 116 cm³/mol. The van der Waals surface area contributed by atoms with E-state index >= 15 is 0 Å². The van der Waals surface area contributed by atoms with Crippen molar-refractivity contribution < 1.29 is 9.53 Å². The summed E-state index contributed by atoms with van der Waals surface area (Å²) in [7, 11) is 1.67. The molecule has 2 aliphatic rings. The largest absolute Gasteiger partial charge is 0.497 e. The van der Waals surface area contributed by atoms with Gasteiger partial charge in [-0.2, -0.15) is 0 Å². The van der Waals surface area contributed by atoms with Crippen molar-refractivity contribution in [3.63, 3.8) is 0 Å². The van der Waals surface area contributed by atoms with Gasteiger partial charge in [0.2, 0.25) is 0 Å². The number of carbonyl (C=O) groups excluding carboxylic acids is 1. The number of carbonyl (C=O) groups is 1. The number of Topliss-reactive ketones (excluding diaryl/α,β-unsaturated/α-hetero) is 1. The number of nitrogens with one attached hydrogen (secondary N) is 1. The van der Waals surface area contributed by atoms with Gasteiger partial charge in [0.15, 0.2) is 5.78 Å². The van der Waals surface area contributed by atoms with Gasteiger partial charge in [-0.05, 0) is 65.4 Å². The molecular weight excluding hydrogens is 414 g/mol. The summed E-state index contributed by atoms with van der Waals surface area (Å²) in [5.41, 5.74) is 5.21. The van der Waals surface area contributed by atoms with Gasteiger partial charge in [0.25, 0.3) is 0 Å². The molecule has 0 amide bonds. The Hall–Kier alpha value is -2.33. The van der Waals surface area contributed by atoms with Crippen LogP contribution < -0.4 is 10.1 Å². The van der Waals surface area contributed by atoms with Gasteiger partial charge >= 0.3 is 0 Å². The van der Waals surface area contributed by atoms with E-state index in [9.17, 15) is 4.79 Å². The van der Waals surface area contributed by atoms with Crippen molar-refractivity contribution in [1.82, 2.24) is 5.32 Å². The Morgan fingerprint density at radius 2 is 1.71 bits per heavy atom. The third-order valence-corrected chi connectivity index (χ3v) is 6.01. The van der Waals surface area contributed by atoms with E-state index in [4.69, 9.17) is 4.74 Å². The Balaban J connectivity index is 1.80. The zero-order valence-corrected chi connectivity index (χ0v) is 18.0. The summed E-state index contributed by atoms with van der Waals surface area (Å²) in [4.78, 5) is 13.1. The Labute approximate surface area is 174 Å². The number of ketones is 1. The molecule has 0 fully saturated rings. The fourth-order valence-electron chi connectivity index (χ4n) is 4.13. The molecule has 1 aliphatic carbocycles. The van der Waals surface area contributed by atoms with E-state index < -0.39 is 0 Å². The molecule has 0 aromatic heterocycles. The average Bonchev–Trinajstić information content (AvgIpc) is 2.66. The lowest BCUT2D eigenvalue weighted by atomic mass is 9.70. The Bertz CT molecular complexity index is 969. The Kier molecular flexibility index (Phi) is 4.92. The number of halogens is 1. The molecule has 1 heterocycles. The van der Waals surface area contributed by atoms with Crippen molar-refractivity contribution in [2.45, 2.75) is 32.6 Å². The van der Waals surface area contributed by atoms with Crippen molar-refractivity contribution in [2.24, 2.45) is 5.41 Å². The molecule has 1 atom stereocenters. The summed E-state index contributed by atoms with van der Waals surface area (Å²) < 4.78 is 6.32. The summed E-state index contributed by atoms with van der Waals surface area (Å²) in [5.74, 6) is 1.04. The molecule has 144 valence electrons. The van der Waals surface area contributed by atoms with Gasteiger partial charge in [-0.25, -0.2) is 0 Å². The molecule has 0 radical (unpaired) electrons. The van der Waals surface area contributed by atoms with Gasteiger partial charge in [0.05, 0.1) is 7.11 Å². The van der Waals surface area contributed by atoms with Gasteiger partial charge < -0.3 is 10.1 Å². The second kappa shape index (κ2) is 7.25. The minimum Gasteiger partial charge on any atom is -0.497 e. The van der Waals surface area contributed by atoms with E-state index in [0.29, 0.717) is 6.42 Å². The Morgan fingerprint density at radius 1 is 1.04 bits per heavy atom. The van der Waals surface area contributed by atoms with Crippen molar-refractivity contribution in [1.29, 1.82) is 0 Å². The number of hydrogen-bond acceptors (Lipinski definition) is 3. The first kappa shape index (κ1) is 19.0. The zero-order valence-electron chi connectivity index (χ0n) is 16.4. The van der Waals surface area contributed by atoms with E-state index in [2.05, 4.69) is 65.4 Å². The lowest BCUT2D eigenvalue weighted by molar-refractivity contribution is -0.118. The third-order valence-electron chi connectivity index (χ3n) is 5.48. The molecule has 0 saturated carbocycles. The minimum absolute atomic E-state index is 0.0322. The Morgan fingerprint density at radius 3 is 2.36 bits per heavy atom. The van der Waals surface area contributed by atoms with Gasteiger partial charge in [-0.1, -0.05) is 41.9 Å². The number of benzene rings is 2. The third kappa shape index (κ3) is 3.66. The number of methoxy groups -OCH3 is 1. The number of dihydropyridines is 1. The summed E-state index contributed by atoms with van der Waals surface area (Å²) in [6, 6.07) is 16.3. The molecule has 4 heteroatoms. The van der Waals surface area contributed by atoms with Crippen LogP contribution in [0.25, 0.3) is 5.70 Å². The maximum atomic E-state index is 13.1. The maximum Gasteiger partial charge on any atom is 0.162 e. The van der Waals surface area contributed by atoms with E-state index in [0.717, 1.165) is 44.7 Å². The normalized spacial score (nSPS) is 20.9. The molecule has 1 unspecified atom stereocenters. The SMILES string of the molecule is COc1ccc(C2=CC(c3ccc(Br)cc3)C3=C(CC(C)(C)CC3=O)N2)cc1. The van der Waals surface area contributed by atoms with Crippen LogP contribution in [0, 0.1) is 5.41 Å². The van der Waals surface area contributed by atoms with Gasteiger partial charge in [0, 0.05) is 33.8 Å². The molecule has 0 spiro atoms. The summed E-state index contributed by atoms with van der Waals surface area (Å²) in [6.07, 6.45) is 3.64. The average molecular weight is 438 g/mol. The van der Waals surface area contributed by atoms with Gasteiger partial charge in [-0.15, -0.1) is 0 Å². The molecular formula is C24H24BrNO2. The van der Waals surface area contributed by atoms with Crippen LogP contribution in [0.15, 0.2) is 70.3 Å². The lowest BCUT2D eigenvalue weighted by Gasteiger charge is -2.38. The highest BCUT2D eigenvalue weighted by Crippen LogP contribution is 2.45. The number of ether oxygens (including phenoxy) is 1. The van der Waals surface area contributed by atoms with Crippen LogP contribution in [-0.2, 0) is 4.79 Å². The maximum absolute atomic E-state index is 13.1. The molecule has 1 aliphatic heterocycles. The van der Waals surface area contributed by atoms with Crippen molar-refractivity contribution >= 4 is 27.4 Å². The van der Waals surface area contributed by atoms with Crippen molar-refractivity contribution in [2.75, 3.05) is 7.11 Å². The quantitative estimate of drug-likeness (QED) is 0.656. The van der Waals surface area contributed by atoms with Crippen molar-refractivity contribution in [3.8, 4) is 5.75 Å². The number of hydrogen-bond donors (Lipinski definition) is 1. The molecule has 28 heavy (non-hydrogen) atoms. The van der Waals surface area contributed by atoms with Gasteiger partial charge in [-0.3, -0.25) is 4.79 Å². The molecule has 4 rings (SSSR count). The van der Waals surface area contributed by atoms with E-state index in [1.54, 1.807) is 7.11 Å². The highest BCUT2D eigenvalue weighted by Gasteiger charge is 2.38. The van der Waals surface area contributed by atoms with Crippen LogP contribution in [0.1, 0.15) is 43.7 Å². The number of allylic oxidation sites excluding steroid dienone is 3. The second-order valence-electron chi connectivity index (χ2n) is 8.30. The monoisotopic (exact) mass is 437 g/mol. The van der Waals surface area contributed by atoms with Crippen LogP contribution in [0.3, 0.4) is 0 Å². The summed E-state index contributed by atoms with van der Waals surface area (Å²) in [5, 5.41) is 3.58. The first-order valence-electron chi connectivity index (χ1n) is 9.51. The first-order valence-corrected chi connectivity index (χ1v) is 10.3. The number of rotatable bonds is 3. The highest BCUT2D eigenvalue weighted by atomic mass is 79.9.